The van der Waals surface area contributed by atoms with E-state index < -0.39 is 18.0 Å². The van der Waals surface area contributed by atoms with E-state index in [0.29, 0.717) is 24.5 Å². The molecule has 1 aliphatic rings. The van der Waals surface area contributed by atoms with Crippen LogP contribution in [0.15, 0.2) is 31.0 Å². The van der Waals surface area contributed by atoms with Crippen LogP contribution in [-0.2, 0) is 11.2 Å². The minimum absolute atomic E-state index is 0.00682. The largest absolute Gasteiger partial charge is 0.434 e. The van der Waals surface area contributed by atoms with Gasteiger partial charge in [-0.15, -0.1) is 28.4 Å². The zero-order chi connectivity index (χ0) is 21.7. The molecular formula is C19H21ClFN5O3S. The van der Waals surface area contributed by atoms with Gasteiger partial charge in [-0.2, -0.15) is 0 Å². The smallest absolute Gasteiger partial charge is 0.359 e. The van der Waals surface area contributed by atoms with Gasteiger partial charge >= 0.3 is 12.0 Å². The van der Waals surface area contributed by atoms with Crippen molar-refractivity contribution in [3.63, 3.8) is 0 Å². The molecule has 1 aliphatic heterocycles. The normalized spacial score (nSPS) is 17.3. The molecule has 1 fully saturated rings. The Balaban J connectivity index is 1.80. The molecule has 2 atom stereocenters. The number of nitrogens with zero attached hydrogens (tertiary/aromatic N) is 5. The van der Waals surface area contributed by atoms with E-state index in [1.807, 2.05) is 6.92 Å². The Kier molecular flexibility index (Phi) is 7.33. The van der Waals surface area contributed by atoms with Gasteiger partial charge in [0.1, 0.15) is 10.8 Å². The second-order valence-corrected chi connectivity index (χ2v) is 8.48. The van der Waals surface area contributed by atoms with E-state index in [9.17, 15) is 14.0 Å². The van der Waals surface area contributed by atoms with Crippen LogP contribution < -0.4 is 4.90 Å². The average Bonchev–Trinajstić information content (AvgIpc) is 3.29. The molecule has 0 bridgehead atoms. The van der Waals surface area contributed by atoms with Crippen molar-refractivity contribution in [2.45, 2.75) is 37.8 Å². The molecule has 0 spiro atoms. The number of hydrogen-bond acceptors (Lipinski definition) is 7. The number of esters is 1. The maximum absolute atomic E-state index is 13.4. The standard InChI is InChI=1S/C19H21ClFN5O3S/c1-3-4-9-25-11-16(29-17(27)14-10-13(21)7-8-22-14)26(19(25)28)18-24-23-15(30-18)6-5-12(2)20/h3,7-8,10,12,16H,1,4-6,9,11H2,2H3. The Morgan fingerprint density at radius 1 is 1.53 bits per heavy atom. The summed E-state index contributed by atoms with van der Waals surface area (Å²) in [7, 11) is 0. The number of aryl methyl sites for hydroxylation is 1. The van der Waals surface area contributed by atoms with E-state index in [0.717, 1.165) is 23.6 Å². The minimum atomic E-state index is -0.937. The molecule has 2 amide bonds. The van der Waals surface area contributed by atoms with Crippen LogP contribution >= 0.6 is 22.9 Å². The molecule has 8 nitrogen and oxygen atoms in total. The van der Waals surface area contributed by atoms with E-state index in [1.54, 1.807) is 11.0 Å². The highest BCUT2D eigenvalue weighted by Gasteiger charge is 2.42. The van der Waals surface area contributed by atoms with Crippen molar-refractivity contribution in [2.24, 2.45) is 0 Å². The van der Waals surface area contributed by atoms with Crippen molar-refractivity contribution in [1.82, 2.24) is 20.1 Å². The Hall–Kier alpha value is -2.59. The van der Waals surface area contributed by atoms with Crippen molar-refractivity contribution in [2.75, 3.05) is 18.0 Å². The van der Waals surface area contributed by atoms with Gasteiger partial charge in [0.15, 0.2) is 5.69 Å². The molecule has 3 heterocycles. The molecule has 0 aromatic carbocycles. The third-order valence-electron chi connectivity index (χ3n) is 4.34. The van der Waals surface area contributed by atoms with Crippen molar-refractivity contribution >= 4 is 40.1 Å². The number of alkyl halides is 1. The number of aromatic nitrogens is 3. The van der Waals surface area contributed by atoms with Crippen LogP contribution in [-0.4, -0.2) is 56.8 Å². The predicted molar refractivity (Wildman–Crippen MR) is 111 cm³/mol. The Morgan fingerprint density at radius 2 is 2.33 bits per heavy atom. The predicted octanol–water partition coefficient (Wildman–Crippen LogP) is 3.63. The number of rotatable bonds is 9. The number of halogens is 2. The van der Waals surface area contributed by atoms with Crippen molar-refractivity contribution < 1.29 is 18.7 Å². The van der Waals surface area contributed by atoms with E-state index in [2.05, 4.69) is 21.8 Å². The molecule has 0 aliphatic carbocycles. The first-order valence-electron chi connectivity index (χ1n) is 9.37. The van der Waals surface area contributed by atoms with Crippen LogP contribution in [0, 0.1) is 5.82 Å². The summed E-state index contributed by atoms with van der Waals surface area (Å²) in [4.78, 5) is 32.1. The lowest BCUT2D eigenvalue weighted by Crippen LogP contribution is -2.38. The molecule has 30 heavy (non-hydrogen) atoms. The lowest BCUT2D eigenvalue weighted by atomic mass is 10.2. The van der Waals surface area contributed by atoms with Crippen LogP contribution in [0.3, 0.4) is 0 Å². The number of carbonyl (C=O) groups is 2. The third-order valence-corrected chi connectivity index (χ3v) is 5.54. The number of pyridine rings is 1. The zero-order valence-electron chi connectivity index (χ0n) is 16.3. The molecule has 0 N–H and O–H groups in total. The molecule has 2 aromatic heterocycles. The summed E-state index contributed by atoms with van der Waals surface area (Å²) < 4.78 is 18.9. The molecular weight excluding hydrogens is 433 g/mol. The Bertz CT molecular complexity index is 925. The third kappa shape index (κ3) is 5.31. The maximum atomic E-state index is 13.4. The van der Waals surface area contributed by atoms with Crippen LogP contribution in [0.4, 0.5) is 14.3 Å². The molecule has 0 saturated carbocycles. The quantitative estimate of drug-likeness (QED) is 0.327. The number of urea groups is 1. The Labute approximate surface area is 182 Å². The first-order chi connectivity index (χ1) is 14.4. The summed E-state index contributed by atoms with van der Waals surface area (Å²) in [5, 5.41) is 9.26. The Morgan fingerprint density at radius 3 is 3.03 bits per heavy atom. The fourth-order valence-electron chi connectivity index (χ4n) is 2.82. The number of amides is 2. The summed E-state index contributed by atoms with van der Waals surface area (Å²) >= 11 is 7.23. The summed E-state index contributed by atoms with van der Waals surface area (Å²) in [6, 6.07) is 1.76. The first-order valence-corrected chi connectivity index (χ1v) is 10.6. The van der Waals surface area contributed by atoms with Gasteiger partial charge in [-0.3, -0.25) is 0 Å². The van der Waals surface area contributed by atoms with E-state index >= 15 is 0 Å². The minimum Gasteiger partial charge on any atom is -0.434 e. The fourth-order valence-corrected chi connectivity index (χ4v) is 3.82. The molecule has 2 unspecified atom stereocenters. The molecule has 3 rings (SSSR count). The van der Waals surface area contributed by atoms with Gasteiger partial charge in [0.25, 0.3) is 0 Å². The number of carbonyl (C=O) groups excluding carboxylic acids is 2. The monoisotopic (exact) mass is 453 g/mol. The lowest BCUT2D eigenvalue weighted by Gasteiger charge is -2.19. The van der Waals surface area contributed by atoms with Crippen LogP contribution in [0.25, 0.3) is 0 Å². The van der Waals surface area contributed by atoms with E-state index in [1.165, 1.54) is 22.4 Å². The van der Waals surface area contributed by atoms with Gasteiger partial charge in [-0.1, -0.05) is 17.4 Å². The van der Waals surface area contributed by atoms with Gasteiger partial charge in [0.05, 0.1) is 6.54 Å². The van der Waals surface area contributed by atoms with Crippen LogP contribution in [0.5, 0.6) is 0 Å². The van der Waals surface area contributed by atoms with E-state index in [-0.39, 0.29) is 23.6 Å². The lowest BCUT2D eigenvalue weighted by molar-refractivity contribution is 0.0318. The SMILES string of the molecule is C=CCCN1CC(OC(=O)c2cc(F)ccn2)N(c2nnc(CCC(C)Cl)s2)C1=O. The molecule has 11 heteroatoms. The van der Waals surface area contributed by atoms with Crippen LogP contribution in [0.1, 0.15) is 35.3 Å². The van der Waals surface area contributed by atoms with Gasteiger partial charge in [-0.25, -0.2) is 23.9 Å². The highest BCUT2D eigenvalue weighted by atomic mass is 35.5. The summed E-state index contributed by atoms with van der Waals surface area (Å²) in [6.07, 6.45) is 3.87. The van der Waals surface area contributed by atoms with Gasteiger partial charge in [0, 0.05) is 30.6 Å². The molecule has 160 valence electrons. The summed E-state index contributed by atoms with van der Waals surface area (Å²) in [5.41, 5.74) is -0.180. The van der Waals surface area contributed by atoms with E-state index in [4.69, 9.17) is 16.3 Å². The summed E-state index contributed by atoms with van der Waals surface area (Å²) in [6.45, 7) is 6.11. The molecule has 0 radical (unpaired) electrons. The number of anilines is 1. The van der Waals surface area contributed by atoms with Crippen molar-refractivity contribution in [1.29, 1.82) is 0 Å². The second-order valence-electron chi connectivity index (χ2n) is 6.69. The van der Waals surface area contributed by atoms with Crippen LogP contribution in [0.2, 0.25) is 0 Å². The molecule has 1 saturated heterocycles. The second kappa shape index (κ2) is 9.94. The topological polar surface area (TPSA) is 88.5 Å². The highest BCUT2D eigenvalue weighted by Crippen LogP contribution is 2.30. The summed E-state index contributed by atoms with van der Waals surface area (Å²) in [5.74, 6) is -1.44. The number of ether oxygens (including phenoxy) is 1. The fraction of sp³-hybridized carbons (Fsp3) is 0.421. The first kappa shape index (κ1) is 22.1. The van der Waals surface area contributed by atoms with Gasteiger partial charge in [-0.05, 0) is 25.8 Å². The average molecular weight is 454 g/mol. The van der Waals surface area contributed by atoms with Crippen molar-refractivity contribution in [3.05, 3.63) is 47.5 Å². The maximum Gasteiger partial charge on any atom is 0.359 e. The molecule has 2 aromatic rings. The van der Waals surface area contributed by atoms with Crippen molar-refractivity contribution in [3.8, 4) is 0 Å². The highest BCUT2D eigenvalue weighted by molar-refractivity contribution is 7.15. The number of hydrogen-bond donors (Lipinski definition) is 0. The van der Waals surface area contributed by atoms with Gasteiger partial charge < -0.3 is 9.64 Å². The zero-order valence-corrected chi connectivity index (χ0v) is 17.9. The van der Waals surface area contributed by atoms with Gasteiger partial charge in [0.2, 0.25) is 11.4 Å².